The van der Waals surface area contributed by atoms with Crippen LogP contribution in [0.1, 0.15) is 12.8 Å². The Morgan fingerprint density at radius 2 is 2.41 bits per heavy atom. The SMILES string of the molecule is O=[N+]([O-])c1ccc(OC[C@H]2CCCN2)c(F)c1. The Hall–Kier alpha value is -1.69. The van der Waals surface area contributed by atoms with Gasteiger partial charge in [0.25, 0.3) is 5.69 Å². The molecule has 1 aromatic carbocycles. The van der Waals surface area contributed by atoms with Crippen molar-refractivity contribution in [3.05, 3.63) is 34.1 Å². The molecule has 1 aliphatic heterocycles. The third kappa shape index (κ3) is 2.91. The summed E-state index contributed by atoms with van der Waals surface area (Å²) >= 11 is 0. The lowest BCUT2D eigenvalue weighted by atomic mass is 10.2. The first kappa shape index (κ1) is 11.8. The second-order valence-corrected chi connectivity index (χ2v) is 3.98. The van der Waals surface area contributed by atoms with Crippen molar-refractivity contribution >= 4 is 5.69 Å². The zero-order valence-electron chi connectivity index (χ0n) is 9.19. The fourth-order valence-electron chi connectivity index (χ4n) is 1.81. The standard InChI is InChI=1S/C11H13FN2O3/c12-10-6-9(14(15)16)3-4-11(10)17-7-8-2-1-5-13-8/h3-4,6,8,13H,1-2,5,7H2/t8-/m1/s1. The van der Waals surface area contributed by atoms with Gasteiger partial charge in [0.15, 0.2) is 11.6 Å². The molecule has 5 nitrogen and oxygen atoms in total. The summed E-state index contributed by atoms with van der Waals surface area (Å²) in [6.45, 7) is 1.34. The van der Waals surface area contributed by atoms with Crippen molar-refractivity contribution in [1.82, 2.24) is 5.32 Å². The summed E-state index contributed by atoms with van der Waals surface area (Å²) in [5.74, 6) is -0.638. The lowest BCUT2D eigenvalue weighted by Gasteiger charge is -2.12. The summed E-state index contributed by atoms with van der Waals surface area (Å²) in [4.78, 5) is 9.79. The molecule has 0 aromatic heterocycles. The number of rotatable bonds is 4. The van der Waals surface area contributed by atoms with Gasteiger partial charge < -0.3 is 10.1 Å². The van der Waals surface area contributed by atoms with Crippen molar-refractivity contribution in [1.29, 1.82) is 0 Å². The zero-order chi connectivity index (χ0) is 12.3. The molecule has 6 heteroatoms. The maximum Gasteiger partial charge on any atom is 0.272 e. The number of non-ortho nitro benzene ring substituents is 1. The first-order chi connectivity index (χ1) is 8.16. The van der Waals surface area contributed by atoms with E-state index in [2.05, 4.69) is 5.32 Å². The summed E-state index contributed by atoms with van der Waals surface area (Å²) < 4.78 is 18.7. The van der Waals surface area contributed by atoms with Crippen LogP contribution in [0.2, 0.25) is 0 Å². The molecule has 1 heterocycles. The van der Waals surface area contributed by atoms with Gasteiger partial charge in [-0.3, -0.25) is 10.1 Å². The second kappa shape index (κ2) is 5.09. The summed E-state index contributed by atoms with van der Waals surface area (Å²) in [6.07, 6.45) is 2.10. The fourth-order valence-corrected chi connectivity index (χ4v) is 1.81. The molecule has 1 N–H and O–H groups in total. The van der Waals surface area contributed by atoms with E-state index < -0.39 is 10.7 Å². The molecule has 0 saturated carbocycles. The third-order valence-corrected chi connectivity index (χ3v) is 2.73. The molecule has 0 unspecified atom stereocenters. The minimum atomic E-state index is -0.697. The number of ether oxygens (including phenoxy) is 1. The van der Waals surface area contributed by atoms with Crippen LogP contribution >= 0.6 is 0 Å². The van der Waals surface area contributed by atoms with Gasteiger partial charge in [-0.15, -0.1) is 0 Å². The first-order valence-electron chi connectivity index (χ1n) is 5.47. The molecule has 0 spiro atoms. The van der Waals surface area contributed by atoms with E-state index >= 15 is 0 Å². The van der Waals surface area contributed by atoms with Crippen LogP contribution in [0, 0.1) is 15.9 Å². The Morgan fingerprint density at radius 3 is 3.00 bits per heavy atom. The average Bonchev–Trinajstić information content (AvgIpc) is 2.80. The van der Waals surface area contributed by atoms with E-state index in [1.54, 1.807) is 0 Å². The van der Waals surface area contributed by atoms with Gasteiger partial charge in [0.1, 0.15) is 6.61 Å². The number of hydrogen-bond acceptors (Lipinski definition) is 4. The van der Waals surface area contributed by atoms with Crippen LogP contribution in [-0.4, -0.2) is 24.1 Å². The highest BCUT2D eigenvalue weighted by Gasteiger charge is 2.16. The minimum absolute atomic E-state index is 0.0595. The maximum atomic E-state index is 13.4. The highest BCUT2D eigenvalue weighted by Crippen LogP contribution is 2.22. The molecule has 1 fully saturated rings. The lowest BCUT2D eigenvalue weighted by molar-refractivity contribution is -0.385. The van der Waals surface area contributed by atoms with Crippen molar-refractivity contribution in [2.45, 2.75) is 18.9 Å². The molecule has 0 aliphatic carbocycles. The highest BCUT2D eigenvalue weighted by atomic mass is 19.1. The molecule has 1 aromatic rings. The minimum Gasteiger partial charge on any atom is -0.489 e. The van der Waals surface area contributed by atoms with Gasteiger partial charge in [-0.25, -0.2) is 4.39 Å². The van der Waals surface area contributed by atoms with Crippen LogP contribution in [0.5, 0.6) is 5.75 Å². The van der Waals surface area contributed by atoms with Gasteiger partial charge in [0, 0.05) is 12.1 Å². The van der Waals surface area contributed by atoms with E-state index in [1.165, 1.54) is 12.1 Å². The van der Waals surface area contributed by atoms with Gasteiger partial charge >= 0.3 is 0 Å². The number of halogens is 1. The Labute approximate surface area is 97.7 Å². The van der Waals surface area contributed by atoms with Gasteiger partial charge in [0.2, 0.25) is 0 Å². The molecule has 1 saturated heterocycles. The van der Waals surface area contributed by atoms with Gasteiger partial charge in [-0.2, -0.15) is 0 Å². The normalized spacial score (nSPS) is 19.2. The molecule has 92 valence electrons. The van der Waals surface area contributed by atoms with E-state index in [4.69, 9.17) is 4.74 Å². The van der Waals surface area contributed by atoms with Crippen molar-refractivity contribution in [3.8, 4) is 5.75 Å². The number of benzene rings is 1. The monoisotopic (exact) mass is 240 g/mol. The quantitative estimate of drug-likeness (QED) is 0.644. The summed E-state index contributed by atoms with van der Waals surface area (Å²) in [6, 6.07) is 3.64. The van der Waals surface area contributed by atoms with Crippen LogP contribution in [-0.2, 0) is 0 Å². The summed E-state index contributed by atoms with van der Waals surface area (Å²) in [5.41, 5.74) is -0.270. The molecule has 0 radical (unpaired) electrons. The zero-order valence-corrected chi connectivity index (χ0v) is 9.19. The predicted octanol–water partition coefficient (Wildman–Crippen LogP) is 1.86. The van der Waals surface area contributed by atoms with E-state index in [-0.39, 0.29) is 17.5 Å². The van der Waals surface area contributed by atoms with E-state index in [1.807, 2.05) is 0 Å². The van der Waals surface area contributed by atoms with Crippen LogP contribution in [0.3, 0.4) is 0 Å². The number of nitrogens with one attached hydrogen (secondary N) is 1. The third-order valence-electron chi connectivity index (χ3n) is 2.73. The predicted molar refractivity (Wildman–Crippen MR) is 59.6 cm³/mol. The second-order valence-electron chi connectivity index (χ2n) is 3.98. The Morgan fingerprint density at radius 1 is 1.59 bits per heavy atom. The Bertz CT molecular complexity index is 419. The average molecular weight is 240 g/mol. The molecule has 17 heavy (non-hydrogen) atoms. The fraction of sp³-hybridized carbons (Fsp3) is 0.455. The van der Waals surface area contributed by atoms with E-state index in [0.717, 1.165) is 25.5 Å². The van der Waals surface area contributed by atoms with Crippen LogP contribution in [0.15, 0.2) is 18.2 Å². The van der Waals surface area contributed by atoms with Crippen molar-refractivity contribution in [2.75, 3.05) is 13.2 Å². The maximum absolute atomic E-state index is 13.4. The van der Waals surface area contributed by atoms with Crippen LogP contribution in [0.25, 0.3) is 0 Å². The Kier molecular flexibility index (Phi) is 3.53. The Balaban J connectivity index is 1.98. The molecule has 0 bridgehead atoms. The smallest absolute Gasteiger partial charge is 0.272 e. The molecule has 2 rings (SSSR count). The largest absolute Gasteiger partial charge is 0.489 e. The highest BCUT2D eigenvalue weighted by molar-refractivity contribution is 5.37. The number of nitro groups is 1. The lowest BCUT2D eigenvalue weighted by Crippen LogP contribution is -2.28. The van der Waals surface area contributed by atoms with Crippen molar-refractivity contribution in [3.63, 3.8) is 0 Å². The molecular weight excluding hydrogens is 227 g/mol. The van der Waals surface area contributed by atoms with Crippen LogP contribution < -0.4 is 10.1 Å². The number of nitrogens with zero attached hydrogens (tertiary/aromatic N) is 1. The molecule has 1 aliphatic rings. The topological polar surface area (TPSA) is 64.4 Å². The van der Waals surface area contributed by atoms with Crippen LogP contribution in [0.4, 0.5) is 10.1 Å². The molecule has 0 amide bonds. The van der Waals surface area contributed by atoms with Gasteiger partial charge in [-0.05, 0) is 25.5 Å². The van der Waals surface area contributed by atoms with E-state index in [0.29, 0.717) is 6.61 Å². The van der Waals surface area contributed by atoms with Gasteiger partial charge in [0.05, 0.1) is 11.0 Å². The van der Waals surface area contributed by atoms with Crippen molar-refractivity contribution < 1.29 is 14.1 Å². The summed E-state index contributed by atoms with van der Waals surface area (Å²) in [5, 5.41) is 13.6. The number of hydrogen-bond donors (Lipinski definition) is 1. The number of nitro benzene ring substituents is 1. The molecule has 1 atom stereocenters. The molecular formula is C11H13FN2O3. The van der Waals surface area contributed by atoms with Crippen molar-refractivity contribution in [2.24, 2.45) is 0 Å². The van der Waals surface area contributed by atoms with E-state index in [9.17, 15) is 14.5 Å². The first-order valence-corrected chi connectivity index (χ1v) is 5.47. The van der Waals surface area contributed by atoms with Gasteiger partial charge in [-0.1, -0.05) is 0 Å². The summed E-state index contributed by atoms with van der Waals surface area (Å²) in [7, 11) is 0.